The number of methoxy groups -OCH3 is 1. The summed E-state index contributed by atoms with van der Waals surface area (Å²) >= 11 is 1.34. The first-order valence-electron chi connectivity index (χ1n) is 12.9. The minimum atomic E-state index is -0.787. The van der Waals surface area contributed by atoms with Gasteiger partial charge in [0.15, 0.2) is 11.5 Å². The van der Waals surface area contributed by atoms with E-state index in [1.807, 2.05) is 29.6 Å². The van der Waals surface area contributed by atoms with Crippen molar-refractivity contribution in [1.82, 2.24) is 9.88 Å². The summed E-state index contributed by atoms with van der Waals surface area (Å²) < 4.78 is 15.9. The number of anilines is 2. The van der Waals surface area contributed by atoms with Crippen LogP contribution in [0.2, 0.25) is 0 Å². The van der Waals surface area contributed by atoms with Gasteiger partial charge in [0.1, 0.15) is 23.8 Å². The third-order valence-corrected chi connectivity index (χ3v) is 7.61. The molecule has 1 aromatic heterocycles. The lowest BCUT2D eigenvalue weighted by Gasteiger charge is -2.24. The molecule has 0 saturated carbocycles. The zero-order chi connectivity index (χ0) is 29.2. The number of aromatic nitrogens is 1. The molecule has 1 N–H and O–H groups in total. The van der Waals surface area contributed by atoms with Gasteiger partial charge >= 0.3 is 0 Å². The lowest BCUT2D eigenvalue weighted by Crippen LogP contribution is -2.45. The summed E-state index contributed by atoms with van der Waals surface area (Å²) in [6, 6.07) is 18.9. The summed E-state index contributed by atoms with van der Waals surface area (Å²) in [5.41, 5.74) is 2.66. The first-order chi connectivity index (χ1) is 20.4. The topological polar surface area (TPSA) is 127 Å². The number of hydrogen-bond donors (Lipinski definition) is 1. The molecule has 42 heavy (non-hydrogen) atoms. The molecule has 12 heteroatoms. The van der Waals surface area contributed by atoms with E-state index >= 15 is 0 Å². The monoisotopic (exact) mass is 584 g/mol. The van der Waals surface area contributed by atoms with Gasteiger partial charge in [-0.3, -0.25) is 24.1 Å². The normalized spacial score (nSPS) is 13.2. The summed E-state index contributed by atoms with van der Waals surface area (Å²) in [7, 11) is 1.59. The molecular weight excluding hydrogens is 560 g/mol. The van der Waals surface area contributed by atoms with Gasteiger partial charge in [-0.15, -0.1) is 11.3 Å². The maximum absolute atomic E-state index is 13.6. The average Bonchev–Trinajstić information content (AvgIpc) is 3.73. The van der Waals surface area contributed by atoms with Crippen molar-refractivity contribution in [3.8, 4) is 28.5 Å². The van der Waals surface area contributed by atoms with Crippen LogP contribution in [0.5, 0.6) is 17.2 Å². The maximum Gasteiger partial charge on any atom is 0.299 e. The number of ketones is 1. The highest BCUT2D eigenvalue weighted by Gasteiger charge is 2.37. The fraction of sp³-hybridized carbons (Fsp3) is 0.167. The Balaban J connectivity index is 1.22. The number of carbonyl (C=O) groups excluding carboxylic acids is 4. The summed E-state index contributed by atoms with van der Waals surface area (Å²) in [6.07, 6.45) is 0. The minimum absolute atomic E-state index is 0.0197. The molecule has 0 unspecified atom stereocenters. The Kier molecular flexibility index (Phi) is 7.28. The van der Waals surface area contributed by atoms with Gasteiger partial charge in [-0.05, 0) is 48.5 Å². The van der Waals surface area contributed by atoms with Gasteiger partial charge in [0.25, 0.3) is 11.7 Å². The first kappa shape index (κ1) is 27.0. The van der Waals surface area contributed by atoms with Crippen molar-refractivity contribution in [1.29, 1.82) is 0 Å². The Morgan fingerprint density at radius 3 is 2.64 bits per heavy atom. The molecule has 11 nitrogen and oxygen atoms in total. The second kappa shape index (κ2) is 11.3. The zero-order valence-corrected chi connectivity index (χ0v) is 23.2. The molecule has 6 rings (SSSR count). The number of benzene rings is 3. The largest absolute Gasteiger partial charge is 0.497 e. The average molecular weight is 585 g/mol. The van der Waals surface area contributed by atoms with Crippen molar-refractivity contribution < 1.29 is 33.4 Å². The van der Waals surface area contributed by atoms with Crippen molar-refractivity contribution in [2.24, 2.45) is 0 Å². The summed E-state index contributed by atoms with van der Waals surface area (Å²) in [4.78, 5) is 59.1. The second-order valence-electron chi connectivity index (χ2n) is 9.46. The number of rotatable bonds is 9. The molecule has 0 aliphatic carbocycles. The quantitative estimate of drug-likeness (QED) is 0.295. The van der Waals surface area contributed by atoms with E-state index in [0.717, 1.165) is 16.2 Å². The summed E-state index contributed by atoms with van der Waals surface area (Å²) in [5.74, 6) is -0.638. The van der Waals surface area contributed by atoms with Crippen LogP contribution in [-0.2, 0) is 20.9 Å². The van der Waals surface area contributed by atoms with Crippen LogP contribution in [0.25, 0.3) is 11.3 Å². The van der Waals surface area contributed by atoms with Crippen LogP contribution in [0.3, 0.4) is 0 Å². The number of nitrogens with zero attached hydrogens (tertiary/aromatic N) is 3. The van der Waals surface area contributed by atoms with Gasteiger partial charge in [-0.1, -0.05) is 12.1 Å². The van der Waals surface area contributed by atoms with Crippen LogP contribution >= 0.6 is 11.3 Å². The van der Waals surface area contributed by atoms with Crippen molar-refractivity contribution in [3.63, 3.8) is 0 Å². The number of Topliss-reactive ketones (excluding diaryl/α,β-unsaturated/α-hetero) is 1. The number of amides is 3. The van der Waals surface area contributed by atoms with Crippen LogP contribution < -0.4 is 24.4 Å². The third-order valence-electron chi connectivity index (χ3n) is 6.78. The molecule has 3 aromatic carbocycles. The van der Waals surface area contributed by atoms with Crippen LogP contribution in [0.15, 0.2) is 72.1 Å². The molecule has 3 heterocycles. The molecular formula is C30H24N4O7S. The predicted octanol–water partition coefficient (Wildman–Crippen LogP) is 3.74. The fourth-order valence-electron chi connectivity index (χ4n) is 4.66. The van der Waals surface area contributed by atoms with E-state index in [9.17, 15) is 19.2 Å². The Morgan fingerprint density at radius 1 is 1.05 bits per heavy atom. The van der Waals surface area contributed by atoms with Gasteiger partial charge in [0, 0.05) is 22.7 Å². The van der Waals surface area contributed by atoms with E-state index in [2.05, 4.69) is 10.3 Å². The summed E-state index contributed by atoms with van der Waals surface area (Å²) in [6.45, 7) is -0.605. The van der Waals surface area contributed by atoms with Crippen LogP contribution in [-0.4, -0.2) is 60.4 Å². The Labute approximate surface area is 244 Å². The molecule has 0 fully saturated rings. The molecule has 0 bridgehead atoms. The van der Waals surface area contributed by atoms with E-state index in [4.69, 9.17) is 14.2 Å². The molecule has 4 aromatic rings. The van der Waals surface area contributed by atoms with Crippen LogP contribution in [0.1, 0.15) is 15.4 Å². The molecule has 0 saturated heterocycles. The van der Waals surface area contributed by atoms with E-state index in [1.165, 1.54) is 16.2 Å². The third kappa shape index (κ3) is 5.39. The highest BCUT2D eigenvalue weighted by atomic mass is 32.1. The van der Waals surface area contributed by atoms with Crippen LogP contribution in [0.4, 0.5) is 11.4 Å². The first-order valence-corrected chi connectivity index (χ1v) is 13.8. The SMILES string of the molecule is COc1ccc(-c2csc(CN(CC(=O)Nc3ccc4c(c3)OCO4)C(=O)CN3C(=O)C(=O)c4ccccc43)n2)cc1. The van der Waals surface area contributed by atoms with Gasteiger partial charge in [-0.2, -0.15) is 0 Å². The molecule has 0 radical (unpaired) electrons. The van der Waals surface area contributed by atoms with E-state index in [1.54, 1.807) is 49.6 Å². The summed E-state index contributed by atoms with van der Waals surface area (Å²) in [5, 5.41) is 5.24. The molecule has 3 amide bonds. The van der Waals surface area contributed by atoms with Gasteiger partial charge in [-0.25, -0.2) is 4.98 Å². The molecule has 2 aliphatic heterocycles. The standard InChI is InChI=1S/C30H24N4O7S/c1-39-20-9-6-18(7-10-20)22-16-42-27(32-22)14-33(13-26(35)31-19-8-11-24-25(12-19)41-17-40-24)28(36)15-34-23-5-3-2-4-21(23)29(37)30(34)38/h2-12,16H,13-15,17H2,1H3,(H,31,35). The molecule has 212 valence electrons. The number of carbonyl (C=O) groups is 4. The van der Waals surface area contributed by atoms with Crippen molar-refractivity contribution in [2.75, 3.05) is 37.2 Å². The minimum Gasteiger partial charge on any atom is -0.497 e. The molecule has 0 atom stereocenters. The highest BCUT2D eigenvalue weighted by Crippen LogP contribution is 2.34. The lowest BCUT2D eigenvalue weighted by atomic mass is 10.1. The van der Waals surface area contributed by atoms with E-state index < -0.39 is 30.0 Å². The van der Waals surface area contributed by atoms with Crippen molar-refractivity contribution in [2.45, 2.75) is 6.54 Å². The predicted molar refractivity (Wildman–Crippen MR) is 154 cm³/mol. The number of thiazole rings is 1. The second-order valence-corrected chi connectivity index (χ2v) is 10.4. The Bertz CT molecular complexity index is 1700. The fourth-order valence-corrected chi connectivity index (χ4v) is 5.48. The number of ether oxygens (including phenoxy) is 3. The van der Waals surface area contributed by atoms with Gasteiger partial charge in [0.2, 0.25) is 18.6 Å². The molecule has 2 aliphatic rings. The number of nitrogens with one attached hydrogen (secondary N) is 1. The van der Waals surface area contributed by atoms with E-state index in [-0.39, 0.29) is 25.4 Å². The van der Waals surface area contributed by atoms with Gasteiger partial charge in [0.05, 0.1) is 30.6 Å². The Hall–Kier alpha value is -5.23. The lowest BCUT2D eigenvalue weighted by molar-refractivity contribution is -0.134. The van der Waals surface area contributed by atoms with E-state index in [0.29, 0.717) is 33.6 Å². The van der Waals surface area contributed by atoms with Gasteiger partial charge < -0.3 is 24.4 Å². The number of para-hydroxylation sites is 1. The number of fused-ring (bicyclic) bond motifs is 2. The van der Waals surface area contributed by atoms with Crippen LogP contribution in [0, 0.1) is 0 Å². The van der Waals surface area contributed by atoms with Crippen molar-refractivity contribution in [3.05, 3.63) is 82.7 Å². The zero-order valence-electron chi connectivity index (χ0n) is 22.4. The number of hydrogen-bond acceptors (Lipinski definition) is 9. The molecule has 0 spiro atoms. The Morgan fingerprint density at radius 2 is 1.83 bits per heavy atom. The van der Waals surface area contributed by atoms with Crippen molar-refractivity contribution >= 4 is 46.2 Å². The maximum atomic E-state index is 13.6. The highest BCUT2D eigenvalue weighted by molar-refractivity contribution is 7.09. The smallest absolute Gasteiger partial charge is 0.299 e.